The van der Waals surface area contributed by atoms with E-state index >= 15 is 0 Å². The number of fused-ring (bicyclic) bond motifs is 1. The summed E-state index contributed by atoms with van der Waals surface area (Å²) >= 11 is 0. The van der Waals surface area contributed by atoms with E-state index in [1.165, 1.54) is 27.5 Å². The zero-order valence-corrected chi connectivity index (χ0v) is 14.4. The number of hydrogen-bond acceptors (Lipinski definition) is 0. The van der Waals surface area contributed by atoms with Crippen molar-refractivity contribution >= 4 is 20.3 Å². The molecular weight excluding hydrogens is 251 g/mol. The summed E-state index contributed by atoms with van der Waals surface area (Å²) in [5.74, 6) is 0. The standard InChI is InChI=1S/C16H13.C2H8Si.Li/c1-12-10-14-8-5-9-15(16(14)11-12)13-6-3-2-4-7-13;1-3-2;/h2-11H,1H3;3H2,1-2H3;/q-1;;+1. The van der Waals surface area contributed by atoms with Crippen molar-refractivity contribution in [2.45, 2.75) is 20.0 Å². The third-order valence-corrected chi connectivity index (χ3v) is 2.98. The molecule has 0 aliphatic carbocycles. The van der Waals surface area contributed by atoms with E-state index < -0.39 is 0 Å². The summed E-state index contributed by atoms with van der Waals surface area (Å²) in [6.45, 7) is 6.68. The van der Waals surface area contributed by atoms with Gasteiger partial charge in [0.1, 0.15) is 0 Å². The molecule has 98 valence electrons. The Bertz CT molecular complexity index is 641. The van der Waals surface area contributed by atoms with E-state index in [0.29, 0.717) is 9.52 Å². The average Bonchev–Trinajstić information content (AvgIpc) is 2.80. The molecule has 3 rings (SSSR count). The molecule has 0 amide bonds. The number of benzene rings is 2. The molecule has 0 spiro atoms. The van der Waals surface area contributed by atoms with Crippen molar-refractivity contribution in [1.29, 1.82) is 0 Å². The molecule has 0 saturated heterocycles. The van der Waals surface area contributed by atoms with Crippen LogP contribution in [0.3, 0.4) is 0 Å². The van der Waals surface area contributed by atoms with Crippen LogP contribution in [0.5, 0.6) is 0 Å². The molecule has 0 atom stereocenters. The Morgan fingerprint density at radius 2 is 1.55 bits per heavy atom. The van der Waals surface area contributed by atoms with Gasteiger partial charge >= 0.3 is 18.9 Å². The smallest absolute Gasteiger partial charge is 0.165 e. The van der Waals surface area contributed by atoms with Gasteiger partial charge in [0.25, 0.3) is 0 Å². The molecule has 0 aliphatic rings. The van der Waals surface area contributed by atoms with Crippen molar-refractivity contribution in [2.24, 2.45) is 0 Å². The molecule has 3 aromatic rings. The Kier molecular flexibility index (Phi) is 6.95. The van der Waals surface area contributed by atoms with Crippen molar-refractivity contribution in [1.82, 2.24) is 0 Å². The van der Waals surface area contributed by atoms with Crippen molar-refractivity contribution < 1.29 is 18.9 Å². The Morgan fingerprint density at radius 1 is 0.900 bits per heavy atom. The normalized spacial score (nSPS) is 9.55. The average molecular weight is 272 g/mol. The minimum atomic E-state index is 0. The summed E-state index contributed by atoms with van der Waals surface area (Å²) < 4.78 is 0. The van der Waals surface area contributed by atoms with Gasteiger partial charge < -0.3 is 0 Å². The van der Waals surface area contributed by atoms with E-state index in [1.807, 2.05) is 0 Å². The SMILES string of the molecule is C[SiH2]C.Cc1cc2c(-c3ccccc3)cccc2[cH-]1.[Li+]. The predicted molar refractivity (Wildman–Crippen MR) is 90.0 cm³/mol. The fourth-order valence-corrected chi connectivity index (χ4v) is 2.25. The van der Waals surface area contributed by atoms with Gasteiger partial charge in [-0.3, -0.25) is 0 Å². The molecule has 20 heavy (non-hydrogen) atoms. The summed E-state index contributed by atoms with van der Waals surface area (Å²) in [5, 5.41) is 2.69. The first-order valence-electron chi connectivity index (χ1n) is 6.97. The van der Waals surface area contributed by atoms with Crippen LogP contribution in [0, 0.1) is 6.92 Å². The second-order valence-corrected chi connectivity index (χ2v) is 6.33. The van der Waals surface area contributed by atoms with Crippen LogP contribution in [-0.4, -0.2) is 9.52 Å². The van der Waals surface area contributed by atoms with E-state index in [-0.39, 0.29) is 18.9 Å². The summed E-state index contributed by atoms with van der Waals surface area (Å²) in [7, 11) is 0.417. The fourth-order valence-electron chi connectivity index (χ4n) is 2.25. The van der Waals surface area contributed by atoms with Crippen LogP contribution in [0.4, 0.5) is 0 Å². The molecule has 0 heterocycles. The monoisotopic (exact) mass is 272 g/mol. The summed E-state index contributed by atoms with van der Waals surface area (Å²) in [6, 6.07) is 21.6. The zero-order chi connectivity index (χ0) is 13.7. The molecule has 0 nitrogen and oxygen atoms in total. The van der Waals surface area contributed by atoms with E-state index in [2.05, 4.69) is 80.7 Å². The fraction of sp³-hybridized carbons (Fsp3) is 0.167. The topological polar surface area (TPSA) is 0 Å². The van der Waals surface area contributed by atoms with Gasteiger partial charge in [-0.05, 0) is 5.56 Å². The minimum absolute atomic E-state index is 0. The molecule has 0 aliphatic heterocycles. The first-order chi connectivity index (χ1) is 9.26. The van der Waals surface area contributed by atoms with E-state index in [1.54, 1.807) is 0 Å². The molecule has 0 bridgehead atoms. The molecule has 0 radical (unpaired) electrons. The molecule has 0 fully saturated rings. The van der Waals surface area contributed by atoms with Gasteiger partial charge in [0.05, 0.1) is 0 Å². The second kappa shape index (κ2) is 8.22. The summed E-state index contributed by atoms with van der Waals surface area (Å²) in [4.78, 5) is 0. The Morgan fingerprint density at radius 3 is 2.20 bits per heavy atom. The quantitative estimate of drug-likeness (QED) is 0.468. The van der Waals surface area contributed by atoms with E-state index in [9.17, 15) is 0 Å². The van der Waals surface area contributed by atoms with Crippen LogP contribution < -0.4 is 18.9 Å². The van der Waals surface area contributed by atoms with Crippen molar-refractivity contribution in [3.63, 3.8) is 0 Å². The van der Waals surface area contributed by atoms with Crippen LogP contribution >= 0.6 is 0 Å². The van der Waals surface area contributed by atoms with Crippen LogP contribution in [0.2, 0.25) is 13.1 Å². The maximum absolute atomic E-state index is 2.26. The van der Waals surface area contributed by atoms with Crippen LogP contribution in [-0.2, 0) is 0 Å². The van der Waals surface area contributed by atoms with Gasteiger partial charge in [-0.15, -0.1) is 34.5 Å². The van der Waals surface area contributed by atoms with Gasteiger partial charge in [-0.25, -0.2) is 0 Å². The maximum Gasteiger partial charge on any atom is 1.00 e. The first-order valence-corrected chi connectivity index (χ1v) is 9.80. The molecular formula is C18H21LiSi. The zero-order valence-electron chi connectivity index (χ0n) is 13.0. The van der Waals surface area contributed by atoms with Crippen LogP contribution in [0.1, 0.15) is 5.56 Å². The Labute approximate surface area is 136 Å². The van der Waals surface area contributed by atoms with E-state index in [4.69, 9.17) is 0 Å². The van der Waals surface area contributed by atoms with Gasteiger partial charge in [0, 0.05) is 9.52 Å². The molecule has 3 aromatic carbocycles. The number of hydrogen-bond donors (Lipinski definition) is 0. The third-order valence-electron chi connectivity index (χ3n) is 2.98. The number of rotatable bonds is 1. The van der Waals surface area contributed by atoms with Crippen molar-refractivity contribution in [3.8, 4) is 11.1 Å². The maximum atomic E-state index is 2.26. The van der Waals surface area contributed by atoms with Crippen LogP contribution in [0.25, 0.3) is 21.9 Å². The predicted octanol–water partition coefficient (Wildman–Crippen LogP) is 1.79. The Hall–Kier alpha value is -1.14. The number of aryl methyl sites for hydroxylation is 1. The minimum Gasteiger partial charge on any atom is -0.165 e. The molecule has 0 aromatic heterocycles. The van der Waals surface area contributed by atoms with Crippen LogP contribution in [0.15, 0.2) is 60.7 Å². The van der Waals surface area contributed by atoms with Gasteiger partial charge in [0.15, 0.2) is 0 Å². The summed E-state index contributed by atoms with van der Waals surface area (Å²) in [6.07, 6.45) is 0. The molecule has 2 heteroatoms. The molecule has 0 saturated carbocycles. The molecule has 0 unspecified atom stereocenters. The molecule has 0 N–H and O–H groups in total. The Balaban J connectivity index is 0.000000462. The van der Waals surface area contributed by atoms with Gasteiger partial charge in [-0.2, -0.15) is 6.07 Å². The third kappa shape index (κ3) is 3.93. The van der Waals surface area contributed by atoms with Gasteiger partial charge in [-0.1, -0.05) is 62.0 Å². The van der Waals surface area contributed by atoms with E-state index in [0.717, 1.165) is 0 Å². The summed E-state index contributed by atoms with van der Waals surface area (Å²) in [5.41, 5.74) is 3.95. The first kappa shape index (κ1) is 16.9. The van der Waals surface area contributed by atoms with Gasteiger partial charge in [0.2, 0.25) is 0 Å². The van der Waals surface area contributed by atoms with Crippen molar-refractivity contribution in [2.75, 3.05) is 0 Å². The van der Waals surface area contributed by atoms with Crippen molar-refractivity contribution in [3.05, 3.63) is 66.2 Å². The second-order valence-electron chi connectivity index (χ2n) is 4.91. The largest absolute Gasteiger partial charge is 1.00 e.